The van der Waals surface area contributed by atoms with Crippen molar-refractivity contribution in [3.05, 3.63) is 35.9 Å². The van der Waals surface area contributed by atoms with E-state index in [4.69, 9.17) is 10.8 Å². The first kappa shape index (κ1) is 25.1. The third-order valence-corrected chi connectivity index (χ3v) is 5.26. The Balaban J connectivity index is 0.00000204. The zero-order valence-electron chi connectivity index (χ0n) is 17.7. The summed E-state index contributed by atoms with van der Waals surface area (Å²) < 4.78 is 0. The molecule has 1 saturated heterocycles. The predicted octanol–water partition coefficient (Wildman–Crippen LogP) is 1.78. The summed E-state index contributed by atoms with van der Waals surface area (Å²) in [6, 6.07) is 9.43. The Hall–Kier alpha value is -1.96. The van der Waals surface area contributed by atoms with Crippen LogP contribution in [-0.2, 0) is 16.0 Å². The number of hydrogen-bond donors (Lipinski definition) is 4. The molecule has 0 saturated carbocycles. The van der Waals surface area contributed by atoms with Crippen molar-refractivity contribution in [1.82, 2.24) is 10.2 Å². The number of carbonyl (C=O) groups excluding carboxylic acids is 1. The number of aliphatic hydroxyl groups is 1. The Bertz CT molecular complexity index is 597. The lowest BCUT2D eigenvalue weighted by Crippen LogP contribution is -2.52. The molecule has 5 N–H and O–H groups in total. The van der Waals surface area contributed by atoms with E-state index in [1.54, 1.807) is 4.90 Å². The van der Waals surface area contributed by atoms with Gasteiger partial charge in [-0.2, -0.15) is 0 Å². The number of aryl methyl sites for hydroxylation is 1. The van der Waals surface area contributed by atoms with Crippen molar-refractivity contribution in [2.75, 3.05) is 20.2 Å². The molecule has 1 fully saturated rings. The Morgan fingerprint density at radius 1 is 1.21 bits per heavy atom. The van der Waals surface area contributed by atoms with E-state index in [9.17, 15) is 14.7 Å². The van der Waals surface area contributed by atoms with Crippen LogP contribution in [0.5, 0.6) is 0 Å². The summed E-state index contributed by atoms with van der Waals surface area (Å²) in [7, 11) is 1.00. The van der Waals surface area contributed by atoms with Gasteiger partial charge in [0.25, 0.3) is 0 Å². The van der Waals surface area contributed by atoms with Crippen molar-refractivity contribution in [2.24, 2.45) is 5.73 Å². The molecule has 1 aromatic rings. The molecule has 7 nitrogen and oxygen atoms in total. The number of unbranched alkanes of at least 4 members (excludes halogenated alkanes) is 1. The topological polar surface area (TPSA) is 116 Å². The third-order valence-electron chi connectivity index (χ3n) is 5.26. The molecule has 0 spiro atoms. The van der Waals surface area contributed by atoms with Gasteiger partial charge in [0.15, 0.2) is 0 Å². The number of nitrogens with two attached hydrogens (primary N) is 1. The van der Waals surface area contributed by atoms with Crippen LogP contribution in [0.2, 0.25) is 0 Å². The predicted molar refractivity (Wildman–Crippen MR) is 115 cm³/mol. The van der Waals surface area contributed by atoms with Crippen LogP contribution in [0.4, 0.5) is 0 Å². The number of carbonyl (C=O) groups is 2. The lowest BCUT2D eigenvalue weighted by atomic mass is 10.0. The maximum Gasteiger partial charge on any atom is 0.326 e. The van der Waals surface area contributed by atoms with E-state index in [0.29, 0.717) is 25.9 Å². The Morgan fingerprint density at radius 3 is 2.52 bits per heavy atom. The van der Waals surface area contributed by atoms with Gasteiger partial charge >= 0.3 is 5.97 Å². The second-order valence-electron chi connectivity index (χ2n) is 7.46. The van der Waals surface area contributed by atoms with Gasteiger partial charge in [0.05, 0.1) is 6.04 Å². The molecule has 1 heterocycles. The van der Waals surface area contributed by atoms with Crippen molar-refractivity contribution >= 4 is 11.9 Å². The van der Waals surface area contributed by atoms with Crippen LogP contribution >= 0.6 is 0 Å². The summed E-state index contributed by atoms with van der Waals surface area (Å²) >= 11 is 0. The van der Waals surface area contributed by atoms with Crippen molar-refractivity contribution in [3.8, 4) is 0 Å². The van der Waals surface area contributed by atoms with E-state index in [1.165, 1.54) is 5.56 Å². The normalized spacial score (nSPS) is 17.9. The molecule has 2 rings (SSSR count). The van der Waals surface area contributed by atoms with Crippen molar-refractivity contribution in [3.63, 3.8) is 0 Å². The first-order valence-electron chi connectivity index (χ1n) is 10.5. The number of likely N-dealkylation sites (tertiary alicyclic amines) is 1. The molecule has 0 radical (unpaired) electrons. The zero-order valence-corrected chi connectivity index (χ0v) is 17.7. The average Bonchev–Trinajstić information content (AvgIpc) is 3.24. The van der Waals surface area contributed by atoms with Gasteiger partial charge in [0.1, 0.15) is 6.04 Å². The van der Waals surface area contributed by atoms with Crippen LogP contribution in [-0.4, -0.2) is 65.3 Å². The highest BCUT2D eigenvalue weighted by atomic mass is 16.4. The van der Waals surface area contributed by atoms with Crippen molar-refractivity contribution in [1.29, 1.82) is 0 Å². The fourth-order valence-corrected chi connectivity index (χ4v) is 3.71. The second kappa shape index (κ2) is 14.1. The van der Waals surface area contributed by atoms with Gasteiger partial charge in [0, 0.05) is 19.7 Å². The molecular formula is C22H37N3O4. The van der Waals surface area contributed by atoms with Gasteiger partial charge < -0.3 is 26.2 Å². The number of aliphatic carboxylic acids is 1. The molecular weight excluding hydrogens is 370 g/mol. The number of benzene rings is 1. The molecule has 1 amide bonds. The monoisotopic (exact) mass is 407 g/mol. The fourth-order valence-electron chi connectivity index (χ4n) is 3.71. The highest BCUT2D eigenvalue weighted by Gasteiger charge is 2.37. The standard InChI is InChI=1S/C21H33N3O3.CH4O/c1-16(12-13-17-8-3-2-4-9-17)23-18(10-5-6-14-22)20(25)24-15-7-11-19(24)21(26)27;1-2/h2-4,8-9,16,18-19,23H,5-7,10-15,22H2,1H3,(H,26,27);2H,1H3. The average molecular weight is 408 g/mol. The molecule has 7 heteroatoms. The number of amides is 1. The van der Waals surface area contributed by atoms with Crippen LogP contribution in [0, 0.1) is 0 Å². The van der Waals surface area contributed by atoms with Crippen LogP contribution in [0.15, 0.2) is 30.3 Å². The Labute approximate surface area is 174 Å². The summed E-state index contributed by atoms with van der Waals surface area (Å²) in [6.45, 7) is 3.22. The minimum absolute atomic E-state index is 0.0801. The minimum Gasteiger partial charge on any atom is -0.480 e. The molecule has 0 bridgehead atoms. The quantitative estimate of drug-likeness (QED) is 0.416. The third kappa shape index (κ3) is 8.51. The number of nitrogens with zero attached hydrogens (tertiary/aromatic N) is 1. The summed E-state index contributed by atoms with van der Waals surface area (Å²) in [6.07, 6.45) is 5.58. The van der Waals surface area contributed by atoms with E-state index in [0.717, 1.165) is 39.2 Å². The summed E-state index contributed by atoms with van der Waals surface area (Å²) in [4.78, 5) is 26.0. The maximum absolute atomic E-state index is 13.0. The lowest BCUT2D eigenvalue weighted by molar-refractivity contribution is -0.149. The van der Waals surface area contributed by atoms with Crippen LogP contribution in [0.1, 0.15) is 51.0 Å². The second-order valence-corrected chi connectivity index (χ2v) is 7.46. The van der Waals surface area contributed by atoms with E-state index in [2.05, 4.69) is 24.4 Å². The Morgan fingerprint density at radius 2 is 1.90 bits per heavy atom. The SMILES string of the molecule is CC(CCc1ccccc1)NC(CCCCN)C(=O)N1CCCC1C(=O)O.CO. The fraction of sp³-hybridized carbons (Fsp3) is 0.636. The van der Waals surface area contributed by atoms with Crippen molar-refractivity contribution in [2.45, 2.75) is 70.0 Å². The van der Waals surface area contributed by atoms with Gasteiger partial charge in [-0.25, -0.2) is 4.79 Å². The number of carboxylic acid groups (broad SMARTS) is 1. The van der Waals surface area contributed by atoms with Gasteiger partial charge in [-0.05, 0) is 57.6 Å². The zero-order chi connectivity index (χ0) is 21.6. The van der Waals surface area contributed by atoms with E-state index in [-0.39, 0.29) is 18.0 Å². The molecule has 1 aliphatic heterocycles. The number of aliphatic hydroxyl groups excluding tert-OH is 1. The van der Waals surface area contributed by atoms with Crippen LogP contribution in [0.3, 0.4) is 0 Å². The van der Waals surface area contributed by atoms with E-state index >= 15 is 0 Å². The van der Waals surface area contributed by atoms with E-state index in [1.807, 2.05) is 18.2 Å². The van der Waals surface area contributed by atoms with Gasteiger partial charge in [-0.3, -0.25) is 4.79 Å². The van der Waals surface area contributed by atoms with Gasteiger partial charge in [0.2, 0.25) is 5.91 Å². The van der Waals surface area contributed by atoms with E-state index < -0.39 is 12.0 Å². The molecule has 3 atom stereocenters. The van der Waals surface area contributed by atoms with Crippen LogP contribution < -0.4 is 11.1 Å². The molecule has 1 aromatic carbocycles. The van der Waals surface area contributed by atoms with Gasteiger partial charge in [-0.15, -0.1) is 0 Å². The Kier molecular flexibility index (Phi) is 12.2. The largest absolute Gasteiger partial charge is 0.480 e. The number of carboxylic acids is 1. The molecule has 0 aromatic heterocycles. The van der Waals surface area contributed by atoms with Gasteiger partial charge in [-0.1, -0.05) is 36.8 Å². The lowest BCUT2D eigenvalue weighted by Gasteiger charge is -2.29. The summed E-state index contributed by atoms with van der Waals surface area (Å²) in [5.41, 5.74) is 6.87. The highest BCUT2D eigenvalue weighted by molar-refractivity contribution is 5.87. The number of hydrogen-bond acceptors (Lipinski definition) is 5. The minimum atomic E-state index is -0.904. The molecule has 164 valence electrons. The summed E-state index contributed by atoms with van der Waals surface area (Å²) in [5.74, 6) is -0.984. The molecule has 29 heavy (non-hydrogen) atoms. The summed E-state index contributed by atoms with van der Waals surface area (Å²) in [5, 5.41) is 19.8. The van der Waals surface area contributed by atoms with Crippen molar-refractivity contribution < 1.29 is 19.8 Å². The van der Waals surface area contributed by atoms with Crippen LogP contribution in [0.25, 0.3) is 0 Å². The first-order chi connectivity index (χ1) is 14.0. The molecule has 3 unspecified atom stereocenters. The number of nitrogens with one attached hydrogen (secondary N) is 1. The number of rotatable bonds is 11. The highest BCUT2D eigenvalue weighted by Crippen LogP contribution is 2.20. The molecule has 1 aliphatic rings. The maximum atomic E-state index is 13.0. The first-order valence-corrected chi connectivity index (χ1v) is 10.5. The smallest absolute Gasteiger partial charge is 0.326 e. The molecule has 0 aliphatic carbocycles.